The summed E-state index contributed by atoms with van der Waals surface area (Å²) in [6.07, 6.45) is 1.50. The van der Waals surface area contributed by atoms with Crippen molar-refractivity contribution in [3.05, 3.63) is 89.5 Å². The van der Waals surface area contributed by atoms with Gasteiger partial charge >= 0.3 is 29.6 Å². The maximum atomic E-state index is 14.3. The van der Waals surface area contributed by atoms with E-state index in [0.29, 0.717) is 11.1 Å². The zero-order valence-electron chi connectivity index (χ0n) is 14.8. The molecule has 3 rings (SSSR count). The maximum Gasteiger partial charge on any atom is 1.00 e. The van der Waals surface area contributed by atoms with Crippen molar-refractivity contribution in [2.75, 3.05) is 0 Å². The van der Waals surface area contributed by atoms with Gasteiger partial charge in [0.05, 0.1) is 5.97 Å². The molecule has 27 heavy (non-hydrogen) atoms. The fraction of sp³-hybridized carbons (Fsp3) is 0.0952. The van der Waals surface area contributed by atoms with Gasteiger partial charge in [-0.1, -0.05) is 42.5 Å². The van der Waals surface area contributed by atoms with Gasteiger partial charge in [0.2, 0.25) is 0 Å². The van der Waals surface area contributed by atoms with Gasteiger partial charge in [-0.05, 0) is 46.5 Å². The van der Waals surface area contributed by atoms with Crippen LogP contribution in [-0.2, 0) is 4.79 Å². The molecule has 0 bridgehead atoms. The van der Waals surface area contributed by atoms with Crippen LogP contribution in [0.4, 0.5) is 8.78 Å². The number of carbonyl (C=O) groups excluding carboxylic acids is 1. The Morgan fingerprint density at radius 3 is 2.41 bits per heavy atom. The van der Waals surface area contributed by atoms with Crippen molar-refractivity contribution in [1.82, 2.24) is 0 Å². The van der Waals surface area contributed by atoms with Crippen molar-refractivity contribution in [1.29, 1.82) is 0 Å². The van der Waals surface area contributed by atoms with Gasteiger partial charge in [-0.15, -0.1) is 0 Å². The van der Waals surface area contributed by atoms with Gasteiger partial charge in [0.15, 0.2) is 0 Å². The number of aliphatic carboxylic acids is 1. The molecule has 0 fully saturated rings. The third kappa shape index (κ3) is 5.02. The molecule has 2 N–H and O–H groups in total. The Kier molecular flexibility index (Phi) is 7.27. The predicted molar refractivity (Wildman–Crippen MR) is 95.0 cm³/mol. The second-order valence-electron chi connectivity index (χ2n) is 5.97. The van der Waals surface area contributed by atoms with Crippen LogP contribution in [0.15, 0.2) is 66.7 Å². The average Bonchev–Trinajstić information content (AvgIpc) is 2.62. The van der Waals surface area contributed by atoms with E-state index in [0.717, 1.165) is 22.9 Å². The van der Waals surface area contributed by atoms with Gasteiger partial charge in [0.1, 0.15) is 11.6 Å². The van der Waals surface area contributed by atoms with Crippen LogP contribution < -0.4 is 40.4 Å². The molecule has 0 radical (unpaired) electrons. The predicted octanol–water partition coefficient (Wildman–Crippen LogP) is 0.0210. The number of hydrogen-bond donors (Lipinski definition) is 1. The van der Waals surface area contributed by atoms with E-state index in [4.69, 9.17) is 5.73 Å². The molecule has 0 aliphatic rings. The second kappa shape index (κ2) is 9.24. The van der Waals surface area contributed by atoms with Gasteiger partial charge in [-0.2, -0.15) is 0 Å². The third-order valence-corrected chi connectivity index (χ3v) is 4.16. The minimum Gasteiger partial charge on any atom is -0.548 e. The summed E-state index contributed by atoms with van der Waals surface area (Å²) in [4.78, 5) is 10.9. The van der Waals surface area contributed by atoms with Gasteiger partial charge in [-0.25, -0.2) is 8.78 Å². The van der Waals surface area contributed by atoms with Crippen LogP contribution in [-0.4, -0.2) is 12.0 Å². The molecule has 3 aromatic rings. The topological polar surface area (TPSA) is 66.2 Å². The molecule has 0 aliphatic carbocycles. The zero-order valence-corrected chi connectivity index (χ0v) is 16.8. The van der Waals surface area contributed by atoms with E-state index >= 15 is 0 Å². The molecule has 3 aromatic carbocycles. The van der Waals surface area contributed by atoms with Crippen molar-refractivity contribution < 1.29 is 48.2 Å². The molecular weight excluding hydrogens is 359 g/mol. The number of benzene rings is 3. The van der Waals surface area contributed by atoms with Crippen molar-refractivity contribution >= 4 is 22.3 Å². The Hall–Kier alpha value is -2.05. The van der Waals surface area contributed by atoms with Crippen LogP contribution in [0, 0.1) is 11.6 Å². The maximum absolute atomic E-state index is 14.3. The normalized spacial score (nSPS) is 12.5. The number of carbonyl (C=O) groups is 1. The van der Waals surface area contributed by atoms with Crippen molar-refractivity contribution in [2.45, 2.75) is 12.5 Å². The van der Waals surface area contributed by atoms with Crippen molar-refractivity contribution in [2.24, 2.45) is 5.73 Å². The van der Waals surface area contributed by atoms with E-state index in [1.54, 1.807) is 6.08 Å². The minimum atomic E-state index is -1.39. The van der Waals surface area contributed by atoms with Crippen LogP contribution in [0.1, 0.15) is 17.5 Å². The summed E-state index contributed by atoms with van der Waals surface area (Å²) in [7, 11) is 0. The molecule has 0 amide bonds. The van der Waals surface area contributed by atoms with Crippen LogP contribution in [0.25, 0.3) is 16.3 Å². The van der Waals surface area contributed by atoms with Gasteiger partial charge in [0, 0.05) is 17.7 Å². The summed E-state index contributed by atoms with van der Waals surface area (Å²) >= 11 is 0. The van der Waals surface area contributed by atoms with Crippen molar-refractivity contribution in [3.63, 3.8) is 0 Å². The molecule has 1 atom stereocenters. The van der Waals surface area contributed by atoms with Gasteiger partial charge < -0.3 is 15.6 Å². The number of halogens is 2. The Balaban J connectivity index is 0.00000261. The quantitative estimate of drug-likeness (QED) is 0.640. The third-order valence-electron chi connectivity index (χ3n) is 4.16. The molecule has 0 aliphatic heterocycles. The average molecular weight is 375 g/mol. The Morgan fingerprint density at radius 2 is 1.74 bits per heavy atom. The van der Waals surface area contributed by atoms with Crippen LogP contribution in [0.3, 0.4) is 0 Å². The first-order valence-electron chi connectivity index (χ1n) is 8.07. The number of carboxylic acid groups (broad SMARTS) is 1. The molecule has 3 nitrogen and oxygen atoms in total. The SMILES string of the molecule is NC(C/C=C(/c1ccc2ccccc2c1)c1ccc(F)cc1F)C(=O)[O-].[Na+]. The fourth-order valence-electron chi connectivity index (χ4n) is 2.79. The molecule has 6 heteroatoms. The number of hydrogen-bond acceptors (Lipinski definition) is 3. The first kappa shape index (κ1) is 21.3. The minimum absolute atomic E-state index is 0. The van der Waals surface area contributed by atoms with E-state index < -0.39 is 23.6 Å². The number of nitrogens with two attached hydrogens (primary N) is 1. The summed E-state index contributed by atoms with van der Waals surface area (Å²) in [6.45, 7) is 0. The smallest absolute Gasteiger partial charge is 0.548 e. The number of rotatable bonds is 5. The molecule has 0 aromatic heterocycles. The summed E-state index contributed by atoms with van der Waals surface area (Å²) in [5, 5.41) is 12.8. The monoisotopic (exact) mass is 375 g/mol. The Bertz CT molecular complexity index is 1000. The number of fused-ring (bicyclic) bond motifs is 1. The van der Waals surface area contributed by atoms with Crippen LogP contribution >= 0.6 is 0 Å². The summed E-state index contributed by atoms with van der Waals surface area (Å²) < 4.78 is 27.6. The summed E-state index contributed by atoms with van der Waals surface area (Å²) in [5.41, 5.74) is 6.82. The van der Waals surface area contributed by atoms with Gasteiger partial charge in [0.25, 0.3) is 0 Å². The zero-order chi connectivity index (χ0) is 18.7. The summed E-state index contributed by atoms with van der Waals surface area (Å²) in [6, 6.07) is 15.3. The van der Waals surface area contributed by atoms with Crippen LogP contribution in [0.2, 0.25) is 0 Å². The molecule has 0 saturated heterocycles. The van der Waals surface area contributed by atoms with E-state index in [-0.39, 0.29) is 41.5 Å². The first-order valence-corrected chi connectivity index (χ1v) is 8.07. The molecular formula is C21H16F2NNaO2. The Labute approximate surface area is 177 Å². The first-order chi connectivity index (χ1) is 12.5. The van der Waals surface area contributed by atoms with Crippen molar-refractivity contribution in [3.8, 4) is 0 Å². The standard InChI is InChI=1S/C21H17F2NO2.Na/c22-16-7-8-18(19(23)12-16)17(9-10-20(24)21(25)26)15-6-5-13-3-1-2-4-14(13)11-15;/h1-9,11-12,20H,10,24H2,(H,25,26);/q;+1/p-1/b17-9-;. The van der Waals surface area contributed by atoms with Crippen LogP contribution in [0.5, 0.6) is 0 Å². The van der Waals surface area contributed by atoms with E-state index in [1.807, 2.05) is 42.5 Å². The van der Waals surface area contributed by atoms with Gasteiger partial charge in [-0.3, -0.25) is 0 Å². The fourth-order valence-corrected chi connectivity index (χ4v) is 2.79. The van der Waals surface area contributed by atoms with E-state index in [9.17, 15) is 18.7 Å². The second-order valence-corrected chi connectivity index (χ2v) is 5.97. The Morgan fingerprint density at radius 1 is 1.04 bits per heavy atom. The van der Waals surface area contributed by atoms with E-state index in [2.05, 4.69) is 0 Å². The molecule has 1 unspecified atom stereocenters. The molecule has 0 heterocycles. The molecule has 0 saturated carbocycles. The molecule has 0 spiro atoms. The summed E-state index contributed by atoms with van der Waals surface area (Å²) in [5.74, 6) is -2.80. The van der Waals surface area contributed by atoms with E-state index in [1.165, 1.54) is 6.07 Å². The molecule has 132 valence electrons. The number of carboxylic acids is 1. The largest absolute Gasteiger partial charge is 1.00 e.